The molecule has 72 valence electrons. The fourth-order valence-corrected chi connectivity index (χ4v) is 0.842. The Labute approximate surface area is 85.3 Å². The van der Waals surface area contributed by atoms with Gasteiger partial charge in [0.1, 0.15) is 0 Å². The van der Waals surface area contributed by atoms with Gasteiger partial charge in [-0.25, -0.2) is 4.79 Å². The van der Waals surface area contributed by atoms with Crippen LogP contribution in [-0.2, 0) is 9.53 Å². The summed E-state index contributed by atoms with van der Waals surface area (Å²) >= 11 is 0. The Bertz CT molecular complexity index is 153. The SMILES string of the molecule is CCC=C(CC)C(=O)OCC.[GeH4]. The number of hydrogen-bond acceptors (Lipinski definition) is 2. The van der Waals surface area contributed by atoms with E-state index in [9.17, 15) is 4.79 Å². The summed E-state index contributed by atoms with van der Waals surface area (Å²) in [6.45, 7) is 6.24. The predicted octanol–water partition coefficient (Wildman–Crippen LogP) is 0.844. The Morgan fingerprint density at radius 3 is 2.25 bits per heavy atom. The molecule has 0 aliphatic heterocycles. The zero-order chi connectivity index (χ0) is 8.69. The van der Waals surface area contributed by atoms with Crippen molar-refractivity contribution in [1.82, 2.24) is 0 Å². The van der Waals surface area contributed by atoms with Crippen molar-refractivity contribution in [3.63, 3.8) is 0 Å². The van der Waals surface area contributed by atoms with E-state index < -0.39 is 0 Å². The van der Waals surface area contributed by atoms with Crippen molar-refractivity contribution in [3.8, 4) is 0 Å². The monoisotopic (exact) mass is 234 g/mol. The first kappa shape index (κ1) is 14.3. The molecule has 0 N–H and O–H groups in total. The molecule has 0 heterocycles. The molecule has 0 fully saturated rings. The zero-order valence-corrected chi connectivity index (χ0v) is 7.52. The van der Waals surface area contributed by atoms with E-state index >= 15 is 0 Å². The van der Waals surface area contributed by atoms with Crippen LogP contribution >= 0.6 is 0 Å². The van der Waals surface area contributed by atoms with Crippen LogP contribution in [0.1, 0.15) is 33.6 Å². The molecule has 0 aliphatic rings. The fraction of sp³-hybridized carbons (Fsp3) is 0.667. The molecule has 0 rings (SSSR count). The van der Waals surface area contributed by atoms with Gasteiger partial charge in [0.2, 0.25) is 0 Å². The molecule has 0 aromatic carbocycles. The van der Waals surface area contributed by atoms with Crippen LogP contribution in [0, 0.1) is 0 Å². The molecule has 0 spiro atoms. The first-order valence-corrected chi connectivity index (χ1v) is 4.12. The van der Waals surface area contributed by atoms with Crippen LogP contribution in [0.2, 0.25) is 0 Å². The Morgan fingerprint density at radius 2 is 1.92 bits per heavy atom. The molecule has 0 saturated carbocycles. The van der Waals surface area contributed by atoms with Crippen LogP contribution in [-0.4, -0.2) is 30.2 Å². The molecule has 0 aliphatic carbocycles. The first-order chi connectivity index (χ1) is 5.26. The fourth-order valence-electron chi connectivity index (χ4n) is 0.842. The molecule has 0 atom stereocenters. The number of allylic oxidation sites excluding steroid dienone is 1. The van der Waals surface area contributed by atoms with E-state index in [4.69, 9.17) is 4.74 Å². The number of hydrogen-bond donors (Lipinski definition) is 0. The second-order valence-corrected chi connectivity index (χ2v) is 2.21. The van der Waals surface area contributed by atoms with Crippen LogP contribution in [0.4, 0.5) is 0 Å². The molecule has 0 radical (unpaired) electrons. The third-order valence-electron chi connectivity index (χ3n) is 1.37. The van der Waals surface area contributed by atoms with Gasteiger partial charge in [-0.15, -0.1) is 0 Å². The van der Waals surface area contributed by atoms with E-state index in [1.807, 2.05) is 26.8 Å². The molecule has 0 amide bonds. The van der Waals surface area contributed by atoms with Crippen molar-refractivity contribution >= 4 is 23.6 Å². The predicted molar refractivity (Wildman–Crippen MR) is 56.6 cm³/mol. The maximum atomic E-state index is 11.1. The van der Waals surface area contributed by atoms with Gasteiger partial charge in [0.15, 0.2) is 0 Å². The number of carbonyl (C=O) groups is 1. The Kier molecular flexibility index (Phi) is 10.5. The van der Waals surface area contributed by atoms with E-state index in [0.29, 0.717) is 6.61 Å². The molecule has 0 aromatic heterocycles. The summed E-state index contributed by atoms with van der Waals surface area (Å²) in [7, 11) is 0. The van der Waals surface area contributed by atoms with E-state index in [-0.39, 0.29) is 23.6 Å². The second kappa shape index (κ2) is 8.85. The Hall–Kier alpha value is -0.247. The number of esters is 1. The van der Waals surface area contributed by atoms with Crippen molar-refractivity contribution in [1.29, 1.82) is 0 Å². The molecule has 12 heavy (non-hydrogen) atoms. The average Bonchev–Trinajstić information content (AvgIpc) is 2.00. The molecule has 0 aromatic rings. The van der Waals surface area contributed by atoms with E-state index in [1.54, 1.807) is 0 Å². The summed E-state index contributed by atoms with van der Waals surface area (Å²) in [5.74, 6) is -0.170. The van der Waals surface area contributed by atoms with Gasteiger partial charge in [0.05, 0.1) is 6.61 Å². The topological polar surface area (TPSA) is 26.3 Å². The molecule has 0 saturated heterocycles. The van der Waals surface area contributed by atoms with Gasteiger partial charge >= 0.3 is 23.6 Å². The minimum absolute atomic E-state index is 0. The van der Waals surface area contributed by atoms with E-state index in [0.717, 1.165) is 18.4 Å². The summed E-state index contributed by atoms with van der Waals surface area (Å²) in [6, 6.07) is 0. The van der Waals surface area contributed by atoms with Gasteiger partial charge in [0.25, 0.3) is 0 Å². The molecule has 3 heteroatoms. The summed E-state index contributed by atoms with van der Waals surface area (Å²) < 4.78 is 4.84. The van der Waals surface area contributed by atoms with Crippen LogP contribution in [0.3, 0.4) is 0 Å². The van der Waals surface area contributed by atoms with Crippen molar-refractivity contribution in [2.45, 2.75) is 33.6 Å². The molecule has 0 bridgehead atoms. The molecular weight excluding hydrogens is 213 g/mol. The molecule has 0 unspecified atom stereocenters. The van der Waals surface area contributed by atoms with Crippen LogP contribution in [0.5, 0.6) is 0 Å². The third kappa shape index (κ3) is 5.41. The first-order valence-electron chi connectivity index (χ1n) is 4.12. The summed E-state index contributed by atoms with van der Waals surface area (Å²) in [6.07, 6.45) is 3.56. The van der Waals surface area contributed by atoms with Gasteiger partial charge in [-0.05, 0) is 19.8 Å². The van der Waals surface area contributed by atoms with E-state index in [2.05, 4.69) is 0 Å². The number of carbonyl (C=O) groups excluding carboxylic acids is 1. The van der Waals surface area contributed by atoms with Crippen molar-refractivity contribution in [2.75, 3.05) is 6.61 Å². The second-order valence-electron chi connectivity index (χ2n) is 2.21. The number of ether oxygens (including phenoxy) is 1. The van der Waals surface area contributed by atoms with Crippen LogP contribution < -0.4 is 0 Å². The van der Waals surface area contributed by atoms with Crippen molar-refractivity contribution < 1.29 is 9.53 Å². The zero-order valence-electron chi connectivity index (χ0n) is 7.52. The summed E-state index contributed by atoms with van der Waals surface area (Å²) in [4.78, 5) is 11.1. The Balaban J connectivity index is 0. The van der Waals surface area contributed by atoms with Gasteiger partial charge in [-0.3, -0.25) is 0 Å². The summed E-state index contributed by atoms with van der Waals surface area (Å²) in [5.41, 5.74) is 0.786. The maximum absolute atomic E-state index is 11.1. The molecule has 2 nitrogen and oxygen atoms in total. The average molecular weight is 233 g/mol. The standard InChI is InChI=1S/C9H16O2.GeH4/c1-4-7-8(5-2)9(10)11-6-3;/h7H,4-6H2,1-3H3;1H4. The van der Waals surface area contributed by atoms with Crippen LogP contribution in [0.15, 0.2) is 11.6 Å². The summed E-state index contributed by atoms with van der Waals surface area (Å²) in [5, 5.41) is 0. The van der Waals surface area contributed by atoms with Gasteiger partial charge in [-0.1, -0.05) is 19.9 Å². The molecular formula is C9H20GeO2. The van der Waals surface area contributed by atoms with Crippen LogP contribution in [0.25, 0.3) is 0 Å². The number of rotatable bonds is 4. The third-order valence-corrected chi connectivity index (χ3v) is 1.37. The van der Waals surface area contributed by atoms with E-state index in [1.165, 1.54) is 0 Å². The Morgan fingerprint density at radius 1 is 1.33 bits per heavy atom. The van der Waals surface area contributed by atoms with Crippen molar-refractivity contribution in [2.24, 2.45) is 0 Å². The van der Waals surface area contributed by atoms with Crippen molar-refractivity contribution in [3.05, 3.63) is 11.6 Å². The quantitative estimate of drug-likeness (QED) is 0.408. The van der Waals surface area contributed by atoms with Gasteiger partial charge in [-0.2, -0.15) is 0 Å². The minimum atomic E-state index is -0.170. The van der Waals surface area contributed by atoms with Gasteiger partial charge in [0, 0.05) is 5.57 Å². The van der Waals surface area contributed by atoms with Gasteiger partial charge < -0.3 is 4.74 Å². The normalized spacial score (nSPS) is 10.4.